The van der Waals surface area contributed by atoms with Crippen LogP contribution in [0.5, 0.6) is 5.75 Å². The third kappa shape index (κ3) is 3.37. The van der Waals surface area contributed by atoms with Gasteiger partial charge in [-0.05, 0) is 17.7 Å². The lowest BCUT2D eigenvalue weighted by atomic mass is 10.2. The Hall–Kier alpha value is -1.84. The van der Waals surface area contributed by atoms with Gasteiger partial charge in [0.05, 0.1) is 0 Å². The Bertz CT molecular complexity index is 316. The molecule has 0 aliphatic heterocycles. The molecule has 4 nitrogen and oxygen atoms in total. The minimum atomic E-state index is -1.20. The molecule has 0 aliphatic carbocycles. The number of carboxylic acid groups (broad SMARTS) is 1. The zero-order valence-electron chi connectivity index (χ0n) is 6.84. The number of phenols is 1. The van der Waals surface area contributed by atoms with Gasteiger partial charge in [-0.2, -0.15) is 4.99 Å². The zero-order chi connectivity index (χ0) is 9.68. The van der Waals surface area contributed by atoms with Crippen LogP contribution in [0.2, 0.25) is 0 Å². The first-order chi connectivity index (χ1) is 6.18. The lowest BCUT2D eigenvalue weighted by Crippen LogP contribution is -1.90. The molecule has 0 heterocycles. The number of hydrogen-bond donors (Lipinski definition) is 2. The van der Waals surface area contributed by atoms with Crippen molar-refractivity contribution in [2.24, 2.45) is 4.99 Å². The summed E-state index contributed by atoms with van der Waals surface area (Å²) in [4.78, 5) is 13.2. The van der Waals surface area contributed by atoms with Crippen molar-refractivity contribution in [3.8, 4) is 5.75 Å². The van der Waals surface area contributed by atoms with Crippen molar-refractivity contribution in [3.63, 3.8) is 0 Å². The molecule has 68 valence electrons. The highest BCUT2D eigenvalue weighted by molar-refractivity contribution is 5.78. The highest BCUT2D eigenvalue weighted by atomic mass is 16.4. The first-order valence-corrected chi connectivity index (χ1v) is 3.72. The maximum Gasteiger partial charge on any atom is 0.430 e. The molecule has 1 rings (SSSR count). The molecule has 2 N–H and O–H groups in total. The van der Waals surface area contributed by atoms with Gasteiger partial charge in [0.15, 0.2) is 0 Å². The first kappa shape index (κ1) is 9.25. The molecule has 0 unspecified atom stereocenters. The third-order valence-electron chi connectivity index (χ3n) is 1.47. The standard InChI is InChI=1S/C9H9NO3/c11-8-3-1-7(2-4-8)5-6-10-9(12)13/h1-4,6,11H,5H2,(H,12,13). The predicted molar refractivity (Wildman–Crippen MR) is 48.3 cm³/mol. The molecule has 13 heavy (non-hydrogen) atoms. The van der Waals surface area contributed by atoms with Gasteiger partial charge in [-0.25, -0.2) is 4.79 Å². The SMILES string of the molecule is O=C(O)N=CCc1ccc(O)cc1. The Morgan fingerprint density at radius 1 is 1.38 bits per heavy atom. The summed E-state index contributed by atoms with van der Waals surface area (Å²) >= 11 is 0. The smallest absolute Gasteiger partial charge is 0.430 e. The summed E-state index contributed by atoms with van der Waals surface area (Å²) in [6, 6.07) is 6.51. The molecule has 0 aromatic heterocycles. The van der Waals surface area contributed by atoms with Crippen LogP contribution in [-0.4, -0.2) is 22.5 Å². The predicted octanol–water partition coefficient (Wildman–Crippen LogP) is 1.68. The second kappa shape index (κ2) is 4.25. The molecule has 0 fully saturated rings. The van der Waals surface area contributed by atoms with Gasteiger partial charge in [0.25, 0.3) is 0 Å². The van der Waals surface area contributed by atoms with Crippen molar-refractivity contribution in [1.82, 2.24) is 0 Å². The Balaban J connectivity index is 2.55. The summed E-state index contributed by atoms with van der Waals surface area (Å²) in [7, 11) is 0. The highest BCUT2D eigenvalue weighted by Gasteiger charge is 1.91. The van der Waals surface area contributed by atoms with E-state index in [1.807, 2.05) is 0 Å². The molecule has 1 aromatic carbocycles. The number of hydrogen-bond acceptors (Lipinski definition) is 2. The Labute approximate surface area is 75.2 Å². The van der Waals surface area contributed by atoms with E-state index in [0.717, 1.165) is 5.56 Å². The van der Waals surface area contributed by atoms with Crippen LogP contribution in [0, 0.1) is 0 Å². The average Bonchev–Trinajstić information content (AvgIpc) is 2.08. The van der Waals surface area contributed by atoms with Gasteiger partial charge in [-0.3, -0.25) is 0 Å². The van der Waals surface area contributed by atoms with Crippen molar-refractivity contribution in [2.75, 3.05) is 0 Å². The molecule has 4 heteroatoms. The molecule has 0 radical (unpaired) electrons. The fourth-order valence-corrected chi connectivity index (χ4v) is 0.861. The van der Waals surface area contributed by atoms with Crippen LogP contribution in [0.3, 0.4) is 0 Å². The minimum Gasteiger partial charge on any atom is -0.508 e. The summed E-state index contributed by atoms with van der Waals surface area (Å²) in [5.74, 6) is 0.193. The van der Waals surface area contributed by atoms with Gasteiger partial charge < -0.3 is 10.2 Å². The summed E-state index contributed by atoms with van der Waals surface area (Å²) < 4.78 is 0. The monoisotopic (exact) mass is 179 g/mol. The van der Waals surface area contributed by atoms with Crippen LogP contribution >= 0.6 is 0 Å². The molecule has 0 saturated heterocycles. The largest absolute Gasteiger partial charge is 0.508 e. The van der Waals surface area contributed by atoms with Gasteiger partial charge in [0.2, 0.25) is 0 Å². The number of rotatable bonds is 2. The quantitative estimate of drug-likeness (QED) is 0.678. The van der Waals surface area contributed by atoms with Gasteiger partial charge in [-0.1, -0.05) is 12.1 Å². The molecule has 1 amide bonds. The van der Waals surface area contributed by atoms with E-state index in [4.69, 9.17) is 10.2 Å². The summed E-state index contributed by atoms with van der Waals surface area (Å²) in [6.07, 6.45) is 0.570. The van der Waals surface area contributed by atoms with Crippen molar-refractivity contribution < 1.29 is 15.0 Å². The van der Waals surface area contributed by atoms with E-state index >= 15 is 0 Å². The van der Waals surface area contributed by atoms with Crippen LogP contribution in [0.15, 0.2) is 29.3 Å². The van der Waals surface area contributed by atoms with Crippen LogP contribution < -0.4 is 0 Å². The second-order valence-electron chi connectivity index (χ2n) is 2.46. The number of amides is 1. The fraction of sp³-hybridized carbons (Fsp3) is 0.111. The molecule has 0 bridgehead atoms. The van der Waals surface area contributed by atoms with Crippen molar-refractivity contribution in [3.05, 3.63) is 29.8 Å². The number of phenolic OH excluding ortho intramolecular Hbond substituents is 1. The van der Waals surface area contributed by atoms with E-state index in [9.17, 15) is 4.79 Å². The van der Waals surface area contributed by atoms with Crippen LogP contribution in [0.25, 0.3) is 0 Å². The lowest BCUT2D eigenvalue weighted by molar-refractivity contribution is 0.206. The van der Waals surface area contributed by atoms with E-state index < -0.39 is 6.09 Å². The molecule has 0 saturated carbocycles. The van der Waals surface area contributed by atoms with Crippen LogP contribution in [0.4, 0.5) is 4.79 Å². The first-order valence-electron chi connectivity index (χ1n) is 3.72. The lowest BCUT2D eigenvalue weighted by Gasteiger charge is -1.94. The molecular weight excluding hydrogens is 170 g/mol. The summed E-state index contributed by atoms with van der Waals surface area (Å²) in [6.45, 7) is 0. The average molecular weight is 179 g/mol. The molecular formula is C9H9NO3. The van der Waals surface area contributed by atoms with Gasteiger partial charge in [-0.15, -0.1) is 0 Å². The van der Waals surface area contributed by atoms with Gasteiger partial charge >= 0.3 is 6.09 Å². The molecule has 1 aromatic rings. The second-order valence-corrected chi connectivity index (χ2v) is 2.46. The van der Waals surface area contributed by atoms with Gasteiger partial charge in [0, 0.05) is 12.6 Å². The summed E-state index contributed by atoms with van der Waals surface area (Å²) in [5.41, 5.74) is 0.905. The molecule has 0 atom stereocenters. The fourth-order valence-electron chi connectivity index (χ4n) is 0.861. The topological polar surface area (TPSA) is 69.9 Å². The normalized spacial score (nSPS) is 10.5. The molecule has 0 aliphatic rings. The summed E-state index contributed by atoms with van der Waals surface area (Å²) in [5, 5.41) is 17.1. The van der Waals surface area contributed by atoms with Crippen molar-refractivity contribution in [2.45, 2.75) is 6.42 Å². The van der Waals surface area contributed by atoms with Crippen molar-refractivity contribution in [1.29, 1.82) is 0 Å². The Kier molecular flexibility index (Phi) is 3.03. The highest BCUT2D eigenvalue weighted by Crippen LogP contribution is 2.09. The number of benzene rings is 1. The maximum atomic E-state index is 10.0. The minimum absolute atomic E-state index is 0.193. The van der Waals surface area contributed by atoms with E-state index in [1.54, 1.807) is 24.3 Å². The maximum absolute atomic E-state index is 10.0. The zero-order valence-corrected chi connectivity index (χ0v) is 6.84. The number of nitrogens with zero attached hydrogens (tertiary/aromatic N) is 1. The molecule has 0 spiro atoms. The van der Waals surface area contributed by atoms with E-state index in [1.165, 1.54) is 6.21 Å². The number of aromatic hydroxyl groups is 1. The Morgan fingerprint density at radius 3 is 2.54 bits per heavy atom. The van der Waals surface area contributed by atoms with Crippen LogP contribution in [-0.2, 0) is 6.42 Å². The van der Waals surface area contributed by atoms with E-state index in [2.05, 4.69) is 4.99 Å². The Morgan fingerprint density at radius 2 is 2.00 bits per heavy atom. The van der Waals surface area contributed by atoms with E-state index in [-0.39, 0.29) is 5.75 Å². The van der Waals surface area contributed by atoms with Crippen molar-refractivity contribution >= 4 is 12.3 Å². The number of carbonyl (C=O) groups is 1. The third-order valence-corrected chi connectivity index (χ3v) is 1.47. The van der Waals surface area contributed by atoms with Gasteiger partial charge in [0.1, 0.15) is 5.75 Å². The van der Waals surface area contributed by atoms with Crippen LogP contribution in [0.1, 0.15) is 5.56 Å². The van der Waals surface area contributed by atoms with E-state index in [0.29, 0.717) is 6.42 Å². The number of aliphatic imine (C=N–C) groups is 1.